The van der Waals surface area contributed by atoms with Crippen molar-refractivity contribution in [3.63, 3.8) is 0 Å². The summed E-state index contributed by atoms with van der Waals surface area (Å²) in [6, 6.07) is 0. The number of nitrogens with one attached hydrogen (secondary N) is 1. The maximum absolute atomic E-state index is 12.0. The number of thiazole rings is 1. The lowest BCUT2D eigenvalue weighted by molar-refractivity contribution is 0.223. The van der Waals surface area contributed by atoms with Gasteiger partial charge in [-0.3, -0.25) is 0 Å². The first-order valence-corrected chi connectivity index (χ1v) is 10.7. The average Bonchev–Trinajstić information content (AvgIpc) is 2.94. The third kappa shape index (κ3) is 5.71. The van der Waals surface area contributed by atoms with Crippen LogP contribution in [-0.4, -0.2) is 60.1 Å². The van der Waals surface area contributed by atoms with Crippen molar-refractivity contribution < 1.29 is 8.42 Å². The Hall–Kier alpha value is -1.61. The normalized spacial score (nSPS) is 17.3. The standard InChI is InChI=1S/C11H21N9O2S3/c1-2-19-7-20(25(21,22)18-10(19)14)15-3-4-23-5-8-6-24-11(16-8)17-9(12)13/h6,15H,2-5,7H2,1H3,(H2,14,18)(H4,12,13,16,17). The summed E-state index contributed by atoms with van der Waals surface area (Å²) < 4.78 is 28.5. The number of hydrogen-bond donors (Lipinski definition) is 4. The van der Waals surface area contributed by atoms with Crippen molar-refractivity contribution in [1.82, 2.24) is 19.7 Å². The van der Waals surface area contributed by atoms with Crippen molar-refractivity contribution in [2.75, 3.05) is 25.5 Å². The number of aromatic nitrogens is 1. The van der Waals surface area contributed by atoms with Crippen LogP contribution in [0.2, 0.25) is 0 Å². The first kappa shape index (κ1) is 19.7. The lowest BCUT2D eigenvalue weighted by Crippen LogP contribution is -2.56. The van der Waals surface area contributed by atoms with Crippen molar-refractivity contribution in [2.45, 2.75) is 12.7 Å². The van der Waals surface area contributed by atoms with Gasteiger partial charge >= 0.3 is 10.2 Å². The summed E-state index contributed by atoms with van der Waals surface area (Å²) in [7, 11) is -3.78. The van der Waals surface area contributed by atoms with Crippen molar-refractivity contribution in [3.8, 4) is 0 Å². The van der Waals surface area contributed by atoms with E-state index in [2.05, 4.69) is 19.8 Å². The second-order valence-electron chi connectivity index (χ2n) is 4.89. The van der Waals surface area contributed by atoms with E-state index in [1.165, 1.54) is 11.3 Å². The Balaban J connectivity index is 1.76. The number of nitrogens with zero attached hydrogens (tertiary/aromatic N) is 5. The van der Waals surface area contributed by atoms with Crippen molar-refractivity contribution in [2.24, 2.45) is 26.6 Å². The summed E-state index contributed by atoms with van der Waals surface area (Å²) in [5, 5.41) is 2.40. The minimum atomic E-state index is -3.78. The van der Waals surface area contributed by atoms with E-state index in [-0.39, 0.29) is 18.6 Å². The number of guanidine groups is 2. The monoisotopic (exact) mass is 407 g/mol. The fourth-order valence-corrected chi connectivity index (χ4v) is 4.40. The highest BCUT2D eigenvalue weighted by Crippen LogP contribution is 2.21. The first-order valence-electron chi connectivity index (χ1n) is 7.30. The second kappa shape index (κ2) is 8.66. The van der Waals surface area contributed by atoms with Crippen LogP contribution < -0.4 is 22.6 Å². The topological polar surface area (TPSA) is 168 Å². The molecule has 0 fully saturated rings. The molecule has 14 heteroatoms. The van der Waals surface area contributed by atoms with Gasteiger partial charge in [-0.25, -0.2) is 10.4 Å². The van der Waals surface area contributed by atoms with Gasteiger partial charge in [0, 0.05) is 30.0 Å². The van der Waals surface area contributed by atoms with Crippen LogP contribution in [0.15, 0.2) is 14.8 Å². The van der Waals surface area contributed by atoms with Gasteiger partial charge in [0.1, 0.15) is 6.67 Å². The summed E-state index contributed by atoms with van der Waals surface area (Å²) in [5.74, 6) is 1.35. The molecule has 0 spiro atoms. The van der Waals surface area contributed by atoms with Crippen LogP contribution in [0.4, 0.5) is 5.13 Å². The number of nitrogens with two attached hydrogens (primary N) is 3. The molecule has 1 aromatic rings. The molecule has 0 aromatic carbocycles. The molecule has 1 aliphatic rings. The summed E-state index contributed by atoms with van der Waals surface area (Å²) in [6.45, 7) is 3.03. The lowest BCUT2D eigenvalue weighted by atomic mass is 10.6. The van der Waals surface area contributed by atoms with E-state index >= 15 is 0 Å². The second-order valence-corrected chi connectivity index (χ2v) is 8.35. The molecule has 0 saturated carbocycles. The molecular weight excluding hydrogens is 386 g/mol. The smallest absolute Gasteiger partial charge is 0.340 e. The van der Waals surface area contributed by atoms with Gasteiger partial charge in [0.25, 0.3) is 0 Å². The van der Waals surface area contributed by atoms with Gasteiger partial charge < -0.3 is 22.1 Å². The average molecular weight is 408 g/mol. The number of thioether (sulfide) groups is 1. The van der Waals surface area contributed by atoms with E-state index in [0.717, 1.165) is 10.1 Å². The minimum absolute atomic E-state index is 0.00929. The summed E-state index contributed by atoms with van der Waals surface area (Å²) >= 11 is 2.97. The summed E-state index contributed by atoms with van der Waals surface area (Å²) in [6.07, 6.45) is 0. The SMILES string of the molecule is CCN1CN(NCCSCc2csc(N=C(N)N)n2)S(=O)(=O)N=C1N. The maximum atomic E-state index is 12.0. The maximum Gasteiger partial charge on any atom is 0.340 e. The van der Waals surface area contributed by atoms with Crippen LogP contribution in [0.5, 0.6) is 0 Å². The Morgan fingerprint density at radius 1 is 1.52 bits per heavy atom. The zero-order chi connectivity index (χ0) is 18.4. The molecule has 1 aliphatic heterocycles. The fraction of sp³-hybridized carbons (Fsp3) is 0.545. The molecule has 0 radical (unpaired) electrons. The molecule has 0 unspecified atom stereocenters. The van der Waals surface area contributed by atoms with Crippen LogP contribution in [0, 0.1) is 0 Å². The van der Waals surface area contributed by atoms with Gasteiger partial charge in [-0.15, -0.1) is 15.7 Å². The molecule has 0 aliphatic carbocycles. The van der Waals surface area contributed by atoms with Crippen LogP contribution in [0.25, 0.3) is 0 Å². The Morgan fingerprint density at radius 2 is 2.28 bits per heavy atom. The lowest BCUT2D eigenvalue weighted by Gasteiger charge is -2.32. The molecule has 7 N–H and O–H groups in total. The van der Waals surface area contributed by atoms with Gasteiger partial charge in [-0.1, -0.05) is 4.41 Å². The van der Waals surface area contributed by atoms with Crippen LogP contribution in [0.1, 0.15) is 12.6 Å². The molecular formula is C11H21N9O2S3. The molecule has 2 heterocycles. The predicted octanol–water partition coefficient (Wildman–Crippen LogP) is -1.06. The minimum Gasteiger partial charge on any atom is -0.370 e. The quantitative estimate of drug-likeness (QED) is 0.238. The van der Waals surface area contributed by atoms with Crippen molar-refractivity contribution >= 4 is 50.4 Å². The summed E-state index contributed by atoms with van der Waals surface area (Å²) in [5.41, 5.74) is 19.9. The molecule has 25 heavy (non-hydrogen) atoms. The molecule has 1 aromatic heterocycles. The Morgan fingerprint density at radius 3 is 2.96 bits per heavy atom. The molecule has 0 bridgehead atoms. The third-order valence-electron chi connectivity index (χ3n) is 3.04. The van der Waals surface area contributed by atoms with E-state index in [9.17, 15) is 8.42 Å². The van der Waals surface area contributed by atoms with E-state index < -0.39 is 10.2 Å². The first-order chi connectivity index (χ1) is 11.8. The number of aliphatic imine (C=N–C) groups is 1. The van der Waals surface area contributed by atoms with Gasteiger partial charge in [0.15, 0.2) is 5.96 Å². The molecule has 2 rings (SSSR count). The van der Waals surface area contributed by atoms with Gasteiger partial charge in [-0.2, -0.15) is 25.2 Å². The number of rotatable bonds is 8. The Labute approximate surface area is 154 Å². The van der Waals surface area contributed by atoms with Crippen LogP contribution in [-0.2, 0) is 16.0 Å². The zero-order valence-corrected chi connectivity index (χ0v) is 16.1. The molecule has 0 saturated heterocycles. The predicted molar refractivity (Wildman–Crippen MR) is 101 cm³/mol. The summed E-state index contributed by atoms with van der Waals surface area (Å²) in [4.78, 5) is 9.81. The Kier molecular flexibility index (Phi) is 6.83. The van der Waals surface area contributed by atoms with Crippen LogP contribution in [0.3, 0.4) is 0 Å². The van der Waals surface area contributed by atoms with E-state index in [4.69, 9.17) is 17.2 Å². The van der Waals surface area contributed by atoms with E-state index in [1.54, 1.807) is 16.7 Å². The molecule has 11 nitrogen and oxygen atoms in total. The van der Waals surface area contributed by atoms with Gasteiger partial charge in [-0.05, 0) is 6.92 Å². The molecule has 0 amide bonds. The fourth-order valence-electron chi connectivity index (χ4n) is 1.86. The van der Waals surface area contributed by atoms with Crippen LogP contribution >= 0.6 is 23.1 Å². The molecule has 140 valence electrons. The largest absolute Gasteiger partial charge is 0.370 e. The highest BCUT2D eigenvalue weighted by molar-refractivity contribution is 7.98. The third-order valence-corrected chi connectivity index (χ3v) is 6.04. The van der Waals surface area contributed by atoms with Gasteiger partial charge in [0.05, 0.1) is 5.69 Å². The van der Waals surface area contributed by atoms with Gasteiger partial charge in [0.2, 0.25) is 11.1 Å². The highest BCUT2D eigenvalue weighted by Gasteiger charge is 2.29. The van der Waals surface area contributed by atoms with Crippen molar-refractivity contribution in [1.29, 1.82) is 0 Å². The molecule has 0 atom stereocenters. The highest BCUT2D eigenvalue weighted by atomic mass is 32.2. The Bertz CT molecular complexity index is 742. The van der Waals surface area contributed by atoms with E-state index in [0.29, 0.717) is 29.7 Å². The van der Waals surface area contributed by atoms with E-state index in [1.807, 2.05) is 12.3 Å². The number of hydrazine groups is 1. The van der Waals surface area contributed by atoms with Crippen molar-refractivity contribution in [3.05, 3.63) is 11.1 Å². The zero-order valence-electron chi connectivity index (χ0n) is 13.6. The number of hydrogen-bond acceptors (Lipinski definition) is 9.